The summed E-state index contributed by atoms with van der Waals surface area (Å²) in [5.74, 6) is 0.963. The highest BCUT2D eigenvalue weighted by atomic mass is 16.5. The minimum atomic E-state index is 0.106. The lowest BCUT2D eigenvalue weighted by Gasteiger charge is -2.36. The van der Waals surface area contributed by atoms with E-state index < -0.39 is 0 Å². The molecule has 1 amide bonds. The van der Waals surface area contributed by atoms with Crippen molar-refractivity contribution in [1.29, 1.82) is 0 Å². The fourth-order valence-electron chi connectivity index (χ4n) is 3.33. The van der Waals surface area contributed by atoms with Crippen LogP contribution in [0.2, 0.25) is 0 Å². The number of ether oxygens (including phenoxy) is 1. The van der Waals surface area contributed by atoms with Crippen LogP contribution in [0, 0.1) is 0 Å². The van der Waals surface area contributed by atoms with E-state index in [1.807, 2.05) is 64.2 Å². The summed E-state index contributed by atoms with van der Waals surface area (Å²) in [6, 6.07) is 16.0. The second kappa shape index (κ2) is 6.51. The summed E-state index contributed by atoms with van der Waals surface area (Å²) in [6.07, 6.45) is 3.87. The maximum absolute atomic E-state index is 12.8. The van der Waals surface area contributed by atoms with Gasteiger partial charge in [-0.05, 0) is 30.3 Å². The second-order valence-electron chi connectivity index (χ2n) is 6.24. The van der Waals surface area contributed by atoms with Crippen molar-refractivity contribution in [3.63, 3.8) is 0 Å². The van der Waals surface area contributed by atoms with Gasteiger partial charge in [-0.2, -0.15) is 0 Å². The minimum Gasteiger partial charge on any atom is -0.497 e. The number of nitrogens with zero attached hydrogens (tertiary/aromatic N) is 3. The van der Waals surface area contributed by atoms with Crippen LogP contribution >= 0.6 is 0 Å². The number of piperazine rings is 1. The van der Waals surface area contributed by atoms with Gasteiger partial charge in [0.25, 0.3) is 5.91 Å². The zero-order valence-corrected chi connectivity index (χ0v) is 14.3. The second-order valence-corrected chi connectivity index (χ2v) is 6.24. The van der Waals surface area contributed by atoms with E-state index in [9.17, 15) is 4.79 Å². The lowest BCUT2D eigenvalue weighted by Crippen LogP contribution is -2.48. The first-order valence-corrected chi connectivity index (χ1v) is 8.49. The number of pyridine rings is 1. The first-order chi connectivity index (χ1) is 12.2. The smallest absolute Gasteiger partial charge is 0.255 e. The van der Waals surface area contributed by atoms with E-state index >= 15 is 0 Å². The van der Waals surface area contributed by atoms with Crippen molar-refractivity contribution in [3.8, 4) is 5.75 Å². The van der Waals surface area contributed by atoms with Crippen molar-refractivity contribution in [1.82, 2.24) is 9.30 Å². The molecule has 25 heavy (non-hydrogen) atoms. The topological polar surface area (TPSA) is 37.2 Å². The third-order valence-electron chi connectivity index (χ3n) is 4.74. The van der Waals surface area contributed by atoms with Gasteiger partial charge in [0, 0.05) is 55.8 Å². The van der Waals surface area contributed by atoms with Crippen LogP contribution in [0.3, 0.4) is 0 Å². The number of hydrogen-bond acceptors (Lipinski definition) is 3. The summed E-state index contributed by atoms with van der Waals surface area (Å²) in [6.45, 7) is 3.10. The van der Waals surface area contributed by atoms with E-state index in [1.165, 1.54) is 0 Å². The Morgan fingerprint density at radius 1 is 1.00 bits per heavy atom. The van der Waals surface area contributed by atoms with Gasteiger partial charge in [0.15, 0.2) is 0 Å². The highest BCUT2D eigenvalue weighted by molar-refractivity contribution is 5.95. The summed E-state index contributed by atoms with van der Waals surface area (Å²) in [4.78, 5) is 17.0. The van der Waals surface area contributed by atoms with Gasteiger partial charge in [-0.25, -0.2) is 0 Å². The van der Waals surface area contributed by atoms with Crippen LogP contribution in [-0.2, 0) is 0 Å². The number of methoxy groups -OCH3 is 1. The molecule has 0 saturated carbocycles. The maximum atomic E-state index is 12.8. The van der Waals surface area contributed by atoms with Gasteiger partial charge in [0.2, 0.25) is 0 Å². The molecule has 128 valence electrons. The molecular weight excluding hydrogens is 314 g/mol. The van der Waals surface area contributed by atoms with Gasteiger partial charge in [0.1, 0.15) is 5.75 Å². The van der Waals surface area contributed by atoms with Crippen LogP contribution in [0.25, 0.3) is 5.52 Å². The van der Waals surface area contributed by atoms with Crippen molar-refractivity contribution in [2.75, 3.05) is 38.2 Å². The number of rotatable bonds is 3. The molecule has 4 rings (SSSR count). The first-order valence-electron chi connectivity index (χ1n) is 8.49. The van der Waals surface area contributed by atoms with Crippen LogP contribution in [0.4, 0.5) is 5.69 Å². The minimum absolute atomic E-state index is 0.106. The third kappa shape index (κ3) is 3.05. The van der Waals surface area contributed by atoms with Crippen molar-refractivity contribution < 1.29 is 9.53 Å². The summed E-state index contributed by atoms with van der Waals surface area (Å²) in [7, 11) is 1.68. The van der Waals surface area contributed by atoms with Gasteiger partial charge in [-0.15, -0.1) is 0 Å². The Labute approximate surface area is 147 Å². The Balaban J connectivity index is 1.45. The van der Waals surface area contributed by atoms with E-state index in [2.05, 4.69) is 11.0 Å². The van der Waals surface area contributed by atoms with Gasteiger partial charge >= 0.3 is 0 Å². The third-order valence-corrected chi connectivity index (χ3v) is 4.74. The SMILES string of the molecule is COc1cccc(N2CCN(C(=O)c3cc4ccccn4c3)CC2)c1. The number of aromatic nitrogens is 1. The molecule has 1 aliphatic heterocycles. The predicted octanol–water partition coefficient (Wildman–Crippen LogP) is 2.91. The van der Waals surface area contributed by atoms with Crippen LogP contribution in [0.15, 0.2) is 60.9 Å². The van der Waals surface area contributed by atoms with E-state index in [0.29, 0.717) is 0 Å². The average molecular weight is 335 g/mol. The number of anilines is 1. The number of amides is 1. The molecule has 0 unspecified atom stereocenters. The van der Waals surface area contributed by atoms with E-state index in [-0.39, 0.29) is 5.91 Å². The standard InChI is InChI=1S/C20H21N3O2/c1-25-19-7-4-6-18(14-19)21-9-11-22(12-10-21)20(24)16-13-17-5-2-3-8-23(17)15-16/h2-8,13-15H,9-12H2,1H3. The van der Waals surface area contributed by atoms with Gasteiger partial charge in [-0.3, -0.25) is 4.79 Å². The predicted molar refractivity (Wildman–Crippen MR) is 98.5 cm³/mol. The zero-order chi connectivity index (χ0) is 17.2. The zero-order valence-electron chi connectivity index (χ0n) is 14.3. The molecule has 0 radical (unpaired) electrons. The van der Waals surface area contributed by atoms with E-state index in [1.54, 1.807) is 7.11 Å². The molecular formula is C20H21N3O2. The number of fused-ring (bicyclic) bond motifs is 1. The number of carbonyl (C=O) groups is 1. The summed E-state index contributed by atoms with van der Waals surface area (Å²) >= 11 is 0. The molecule has 1 fully saturated rings. The molecule has 0 spiro atoms. The highest BCUT2D eigenvalue weighted by Crippen LogP contribution is 2.22. The van der Waals surface area contributed by atoms with E-state index in [0.717, 1.165) is 48.7 Å². The molecule has 3 heterocycles. The fraction of sp³-hybridized carbons (Fsp3) is 0.250. The molecule has 1 aliphatic rings. The average Bonchev–Trinajstić information content (AvgIpc) is 3.12. The van der Waals surface area contributed by atoms with Crippen molar-refractivity contribution in [2.24, 2.45) is 0 Å². The molecule has 2 aromatic heterocycles. The maximum Gasteiger partial charge on any atom is 0.255 e. The first kappa shape index (κ1) is 15.6. The molecule has 0 N–H and O–H groups in total. The van der Waals surface area contributed by atoms with E-state index in [4.69, 9.17) is 4.74 Å². The van der Waals surface area contributed by atoms with Gasteiger partial charge in [-0.1, -0.05) is 12.1 Å². The largest absolute Gasteiger partial charge is 0.497 e. The monoisotopic (exact) mass is 335 g/mol. The van der Waals surface area contributed by atoms with Gasteiger partial charge in [0.05, 0.1) is 12.7 Å². The fourth-order valence-corrected chi connectivity index (χ4v) is 3.33. The Morgan fingerprint density at radius 3 is 2.60 bits per heavy atom. The number of hydrogen-bond donors (Lipinski definition) is 0. The molecule has 5 nitrogen and oxygen atoms in total. The van der Waals surface area contributed by atoms with Gasteiger partial charge < -0.3 is 18.9 Å². The summed E-state index contributed by atoms with van der Waals surface area (Å²) in [5, 5.41) is 0. The molecule has 3 aromatic rings. The summed E-state index contributed by atoms with van der Waals surface area (Å²) in [5.41, 5.74) is 2.93. The Hall–Kier alpha value is -2.95. The lowest BCUT2D eigenvalue weighted by atomic mass is 10.2. The van der Waals surface area contributed by atoms with Crippen LogP contribution < -0.4 is 9.64 Å². The molecule has 0 atom stereocenters. The normalized spacial score (nSPS) is 14.8. The van der Waals surface area contributed by atoms with Crippen molar-refractivity contribution in [3.05, 3.63) is 66.5 Å². The van der Waals surface area contributed by atoms with Crippen molar-refractivity contribution in [2.45, 2.75) is 0 Å². The molecule has 0 aliphatic carbocycles. The van der Waals surface area contributed by atoms with Crippen molar-refractivity contribution >= 4 is 17.1 Å². The number of benzene rings is 1. The molecule has 5 heteroatoms. The lowest BCUT2D eigenvalue weighted by molar-refractivity contribution is 0.0747. The quantitative estimate of drug-likeness (QED) is 0.738. The number of carbonyl (C=O) groups excluding carboxylic acids is 1. The Bertz CT molecular complexity index is 862. The molecule has 0 bridgehead atoms. The molecule has 1 saturated heterocycles. The highest BCUT2D eigenvalue weighted by Gasteiger charge is 2.23. The van der Waals surface area contributed by atoms with Crippen LogP contribution in [0.5, 0.6) is 5.75 Å². The Morgan fingerprint density at radius 2 is 1.84 bits per heavy atom. The Kier molecular flexibility index (Phi) is 4.06. The summed E-state index contributed by atoms with van der Waals surface area (Å²) < 4.78 is 7.28. The van der Waals surface area contributed by atoms with Crippen LogP contribution in [-0.4, -0.2) is 48.5 Å². The van der Waals surface area contributed by atoms with Crippen LogP contribution in [0.1, 0.15) is 10.4 Å². The molecule has 1 aromatic carbocycles.